The Labute approximate surface area is 393 Å². The van der Waals surface area contributed by atoms with E-state index >= 15 is 0 Å². The molecule has 9 aromatic carbocycles. The molecule has 0 bridgehead atoms. The van der Waals surface area contributed by atoms with E-state index in [0.717, 1.165) is 62.0 Å². The van der Waals surface area contributed by atoms with E-state index in [-0.39, 0.29) is 17.7 Å². The summed E-state index contributed by atoms with van der Waals surface area (Å²) in [5, 5.41) is 26.4. The Morgan fingerprint density at radius 1 is 0.456 bits per heavy atom. The van der Waals surface area contributed by atoms with E-state index in [4.69, 9.17) is 0 Å². The number of aromatic nitrogens is 3. The number of nitrogens with zero attached hydrogens (tertiary/aromatic N) is 4. The summed E-state index contributed by atoms with van der Waals surface area (Å²) < 4.78 is 7.39. The summed E-state index contributed by atoms with van der Waals surface area (Å²) in [4.78, 5) is 1.73. The molecule has 2 N–H and O–H groups in total. The zero-order valence-electron chi connectivity index (χ0n) is 37.1. The molecule has 12 aromatic rings. The van der Waals surface area contributed by atoms with Crippen LogP contribution in [-0.2, 0) is 0 Å². The largest absolute Gasteiger partial charge is 0.333 e. The highest BCUT2D eigenvalue weighted by molar-refractivity contribution is 6.28. The molecule has 0 amide bonds. The van der Waals surface area contributed by atoms with Crippen LogP contribution >= 0.6 is 0 Å². The van der Waals surface area contributed by atoms with Gasteiger partial charge >= 0.3 is 0 Å². The molecular formula is C62H44N6. The molecule has 0 radical (unpaired) electrons. The van der Waals surface area contributed by atoms with Gasteiger partial charge in [-0.2, -0.15) is 0 Å². The van der Waals surface area contributed by atoms with Crippen LogP contribution in [0.1, 0.15) is 29.2 Å². The number of para-hydroxylation sites is 6. The third-order valence-corrected chi connectivity index (χ3v) is 13.9. The number of hydrogen-bond donors (Lipinski definition) is 2. The summed E-state index contributed by atoms with van der Waals surface area (Å²) in [7, 11) is 0. The lowest BCUT2D eigenvalue weighted by Gasteiger charge is -2.26. The van der Waals surface area contributed by atoms with Crippen LogP contribution < -0.4 is 4.90 Å². The number of benzene rings is 9. The Hall–Kier alpha value is -9.00. The number of anilines is 1. The molecule has 0 saturated heterocycles. The third kappa shape index (κ3) is 6.11. The van der Waals surface area contributed by atoms with Gasteiger partial charge < -0.3 is 13.7 Å². The van der Waals surface area contributed by atoms with Crippen LogP contribution in [0.25, 0.3) is 82.4 Å². The van der Waals surface area contributed by atoms with Gasteiger partial charge in [-0.3, -0.25) is 15.7 Å². The molecule has 1 atom stereocenters. The van der Waals surface area contributed by atoms with E-state index in [1.807, 2.05) is 66.7 Å². The molecule has 0 saturated carbocycles. The van der Waals surface area contributed by atoms with Crippen LogP contribution in [0.3, 0.4) is 0 Å². The molecule has 0 aliphatic heterocycles. The summed E-state index contributed by atoms with van der Waals surface area (Å²) in [6.45, 7) is 0. The van der Waals surface area contributed by atoms with Crippen LogP contribution in [0.5, 0.6) is 0 Å². The molecule has 68 heavy (non-hydrogen) atoms. The maximum atomic E-state index is 9.78. The first-order valence-electron chi connectivity index (χ1n) is 23.2. The van der Waals surface area contributed by atoms with Crippen LogP contribution in [0.4, 0.5) is 5.69 Å². The maximum Gasteiger partial charge on any atom is 0.138 e. The van der Waals surface area contributed by atoms with Gasteiger partial charge in [-0.15, -0.1) is 0 Å². The molecule has 0 spiro atoms. The minimum absolute atomic E-state index is 0.0478. The molecule has 322 valence electrons. The molecule has 3 heterocycles. The molecule has 6 nitrogen and oxygen atoms in total. The SMILES string of the molecule is N=C(c1ccccc1)N(C(=N)c1ccc2c3ccccc3n(-c3ccccc3C3=CC=CC(n4c5ccccc5c5c6c(ccc54)c4ccccc4n6-c4ccccc4)C3)c2c1)c1ccccc1. The van der Waals surface area contributed by atoms with Crippen LogP contribution in [0, 0.1) is 10.8 Å². The van der Waals surface area contributed by atoms with Crippen molar-refractivity contribution in [3.8, 4) is 11.4 Å². The molecular weight excluding hydrogens is 829 g/mol. The van der Waals surface area contributed by atoms with Gasteiger partial charge in [-0.1, -0.05) is 176 Å². The molecule has 3 aromatic heterocycles. The molecule has 1 unspecified atom stereocenters. The Bertz CT molecular complexity index is 4040. The number of fused-ring (bicyclic) bond motifs is 10. The number of hydrogen-bond acceptors (Lipinski definition) is 2. The summed E-state index contributed by atoms with van der Waals surface area (Å²) in [6, 6.07) is 76.3. The normalized spacial score (nSPS) is 13.8. The smallest absolute Gasteiger partial charge is 0.138 e. The van der Waals surface area contributed by atoms with E-state index in [1.165, 1.54) is 49.2 Å². The topological polar surface area (TPSA) is 65.7 Å². The van der Waals surface area contributed by atoms with Crippen molar-refractivity contribution in [3.05, 3.63) is 253 Å². The Balaban J connectivity index is 0.946. The standard InChI is InChI=1S/C62H44N6/c63-61(41-19-4-1-5-20-41)67(45-24-8-3-9-25-45)62(64)43-35-36-50-48-28-11-16-33-55(48)68(58(50)40-43)53-31-14-10-27-47(53)42-21-18-26-46(39-42)65-56-34-17-13-30-52(56)59-57(65)38-37-51-49-29-12-15-32-54(49)66(60(51)59)44-22-6-2-7-23-44/h1-38,40,46,63-64H,39H2. The van der Waals surface area contributed by atoms with Gasteiger partial charge in [0.15, 0.2) is 0 Å². The Morgan fingerprint density at radius 3 is 1.79 bits per heavy atom. The quantitative estimate of drug-likeness (QED) is 0.122. The molecule has 0 fully saturated rings. The lowest BCUT2D eigenvalue weighted by Crippen LogP contribution is -2.37. The van der Waals surface area contributed by atoms with Crippen molar-refractivity contribution < 1.29 is 0 Å². The number of amidine groups is 2. The Morgan fingerprint density at radius 2 is 1.03 bits per heavy atom. The van der Waals surface area contributed by atoms with Gasteiger partial charge in [0.1, 0.15) is 11.7 Å². The lowest BCUT2D eigenvalue weighted by molar-refractivity contribution is 0.656. The molecule has 1 aliphatic carbocycles. The van der Waals surface area contributed by atoms with Gasteiger partial charge in [-0.05, 0) is 72.7 Å². The number of rotatable bonds is 7. The van der Waals surface area contributed by atoms with Crippen LogP contribution in [0.15, 0.2) is 237 Å². The number of allylic oxidation sites excluding steroid dienone is 4. The highest BCUT2D eigenvalue weighted by atomic mass is 15.2. The fourth-order valence-corrected chi connectivity index (χ4v) is 10.9. The molecule has 6 heteroatoms. The maximum absolute atomic E-state index is 9.78. The first-order chi connectivity index (χ1) is 33.6. The minimum Gasteiger partial charge on any atom is -0.333 e. The minimum atomic E-state index is 0.0478. The summed E-state index contributed by atoms with van der Waals surface area (Å²) in [5.41, 5.74) is 13.8. The van der Waals surface area contributed by atoms with Crippen molar-refractivity contribution in [2.75, 3.05) is 4.90 Å². The Kier molecular flexibility index (Phi) is 9.18. The summed E-state index contributed by atoms with van der Waals surface area (Å²) in [6.07, 6.45) is 7.68. The van der Waals surface area contributed by atoms with Crippen molar-refractivity contribution in [2.45, 2.75) is 12.5 Å². The second-order valence-electron chi connectivity index (χ2n) is 17.6. The highest BCUT2D eigenvalue weighted by Crippen LogP contribution is 2.45. The van der Waals surface area contributed by atoms with Crippen molar-refractivity contribution in [1.82, 2.24) is 13.7 Å². The van der Waals surface area contributed by atoms with Gasteiger partial charge in [0.05, 0.1) is 39.3 Å². The van der Waals surface area contributed by atoms with Gasteiger partial charge in [0.2, 0.25) is 0 Å². The molecule has 1 aliphatic rings. The van der Waals surface area contributed by atoms with Crippen molar-refractivity contribution in [1.29, 1.82) is 10.8 Å². The zero-order chi connectivity index (χ0) is 45.3. The van der Waals surface area contributed by atoms with Gasteiger partial charge in [0.25, 0.3) is 0 Å². The van der Waals surface area contributed by atoms with Crippen LogP contribution in [0.2, 0.25) is 0 Å². The fourth-order valence-electron chi connectivity index (χ4n) is 10.9. The number of nitrogens with one attached hydrogen (secondary N) is 2. The zero-order valence-corrected chi connectivity index (χ0v) is 37.1. The molecule has 13 rings (SSSR count). The first kappa shape index (κ1) is 39.4. The van der Waals surface area contributed by atoms with Gasteiger partial charge in [0, 0.05) is 65.9 Å². The lowest BCUT2D eigenvalue weighted by atomic mass is 9.92. The third-order valence-electron chi connectivity index (χ3n) is 13.9. The summed E-state index contributed by atoms with van der Waals surface area (Å²) in [5.74, 6) is 0.471. The highest BCUT2D eigenvalue weighted by Gasteiger charge is 2.27. The van der Waals surface area contributed by atoms with Crippen LogP contribution in [-0.4, -0.2) is 25.4 Å². The fraction of sp³-hybridized carbons (Fsp3) is 0.0323. The van der Waals surface area contributed by atoms with E-state index in [2.05, 4.69) is 184 Å². The van der Waals surface area contributed by atoms with E-state index in [9.17, 15) is 10.8 Å². The average Bonchev–Trinajstić information content (AvgIpc) is 4.05. The average molecular weight is 873 g/mol. The second-order valence-corrected chi connectivity index (χ2v) is 17.6. The van der Waals surface area contributed by atoms with Crippen molar-refractivity contribution >= 4 is 88.3 Å². The monoisotopic (exact) mass is 872 g/mol. The van der Waals surface area contributed by atoms with E-state index in [0.29, 0.717) is 0 Å². The van der Waals surface area contributed by atoms with E-state index < -0.39 is 0 Å². The second kappa shape index (κ2) is 15.9. The van der Waals surface area contributed by atoms with E-state index in [1.54, 1.807) is 4.90 Å². The van der Waals surface area contributed by atoms with Crippen molar-refractivity contribution in [3.63, 3.8) is 0 Å². The predicted octanol–water partition coefficient (Wildman–Crippen LogP) is 15.4. The van der Waals surface area contributed by atoms with Crippen molar-refractivity contribution in [2.24, 2.45) is 0 Å². The van der Waals surface area contributed by atoms with Gasteiger partial charge in [-0.25, -0.2) is 0 Å². The predicted molar refractivity (Wildman–Crippen MR) is 284 cm³/mol. The summed E-state index contributed by atoms with van der Waals surface area (Å²) >= 11 is 0. The first-order valence-corrected chi connectivity index (χ1v) is 23.2.